The fraction of sp³-hybridized carbons (Fsp3) is 0.125. The van der Waals surface area contributed by atoms with Crippen molar-refractivity contribution in [2.75, 3.05) is 11.9 Å². The normalized spacial score (nSPS) is 11.2. The van der Waals surface area contributed by atoms with Gasteiger partial charge >= 0.3 is 18.2 Å². The third-order valence-corrected chi connectivity index (χ3v) is 5.24. The Morgan fingerprint density at radius 2 is 1.72 bits per heavy atom. The van der Waals surface area contributed by atoms with Crippen LogP contribution in [0.4, 0.5) is 23.7 Å². The Hall–Kier alpha value is -4.74. The van der Waals surface area contributed by atoms with Gasteiger partial charge in [-0.25, -0.2) is 9.59 Å². The molecule has 4 aromatic rings. The zero-order valence-corrected chi connectivity index (χ0v) is 18.8. The molecule has 4 N–H and O–H groups in total. The first-order valence-electron chi connectivity index (χ1n) is 10.6. The van der Waals surface area contributed by atoms with Gasteiger partial charge in [-0.05, 0) is 53.1 Å². The molecule has 0 unspecified atom stereocenters. The third kappa shape index (κ3) is 4.87. The van der Waals surface area contributed by atoms with Gasteiger partial charge in [-0.2, -0.15) is 18.4 Å². The van der Waals surface area contributed by atoms with Gasteiger partial charge in [0.15, 0.2) is 0 Å². The summed E-state index contributed by atoms with van der Waals surface area (Å²) in [6.07, 6.45) is -4.69. The first-order valence-corrected chi connectivity index (χ1v) is 10.6. The number of hydrogen-bond acceptors (Lipinski definition) is 6. The SMILES string of the molecule is CCOC(=O)c1ccc(-c2ccc(NC(N)=O)c(-c3nn[nH]n3)c2-c2ccccc2C(F)(F)F)cc1. The molecule has 4 rings (SSSR count). The second-order valence-corrected chi connectivity index (χ2v) is 7.48. The lowest BCUT2D eigenvalue weighted by atomic mass is 9.86. The van der Waals surface area contributed by atoms with Crippen molar-refractivity contribution in [2.24, 2.45) is 5.73 Å². The first kappa shape index (κ1) is 24.4. The number of nitrogens with zero attached hydrogens (tertiary/aromatic N) is 3. The zero-order chi connectivity index (χ0) is 25.9. The van der Waals surface area contributed by atoms with E-state index in [2.05, 4.69) is 25.9 Å². The number of nitrogens with two attached hydrogens (primary N) is 1. The molecule has 0 radical (unpaired) electrons. The molecule has 0 aliphatic rings. The van der Waals surface area contributed by atoms with E-state index in [1.54, 1.807) is 19.1 Å². The maximum Gasteiger partial charge on any atom is 0.417 e. The Kier molecular flexibility index (Phi) is 6.68. The number of urea groups is 1. The number of primary amides is 1. The Morgan fingerprint density at radius 1 is 1.00 bits per heavy atom. The molecule has 0 atom stereocenters. The fourth-order valence-electron chi connectivity index (χ4n) is 3.81. The number of carbonyl (C=O) groups is 2. The molecule has 9 nitrogen and oxygen atoms in total. The van der Waals surface area contributed by atoms with Crippen molar-refractivity contribution < 1.29 is 27.5 Å². The number of nitrogens with one attached hydrogen (secondary N) is 2. The number of aromatic nitrogens is 4. The lowest BCUT2D eigenvalue weighted by molar-refractivity contribution is -0.137. The number of rotatable bonds is 6. The van der Waals surface area contributed by atoms with Crippen LogP contribution in [0.5, 0.6) is 0 Å². The van der Waals surface area contributed by atoms with E-state index in [0.29, 0.717) is 11.1 Å². The first-order chi connectivity index (χ1) is 17.2. The van der Waals surface area contributed by atoms with Crippen LogP contribution in [0, 0.1) is 0 Å². The lowest BCUT2D eigenvalue weighted by Crippen LogP contribution is -2.20. The summed E-state index contributed by atoms with van der Waals surface area (Å²) in [5.74, 6) is -0.587. The number of hydrogen-bond donors (Lipinski definition) is 3. The van der Waals surface area contributed by atoms with Gasteiger partial charge in [-0.1, -0.05) is 36.4 Å². The van der Waals surface area contributed by atoms with Gasteiger partial charge < -0.3 is 15.8 Å². The number of ether oxygens (including phenoxy) is 1. The van der Waals surface area contributed by atoms with Gasteiger partial charge in [-0.3, -0.25) is 0 Å². The smallest absolute Gasteiger partial charge is 0.417 e. The van der Waals surface area contributed by atoms with Crippen LogP contribution in [0.15, 0.2) is 60.7 Å². The maximum atomic E-state index is 14.1. The lowest BCUT2D eigenvalue weighted by Gasteiger charge is -2.21. The molecule has 1 aromatic heterocycles. The number of aromatic amines is 1. The summed E-state index contributed by atoms with van der Waals surface area (Å²) in [5, 5.41) is 16.1. The van der Waals surface area contributed by atoms with Crippen molar-refractivity contribution in [3.05, 3.63) is 71.8 Å². The average Bonchev–Trinajstić information content (AvgIpc) is 3.38. The molecule has 0 bridgehead atoms. The zero-order valence-electron chi connectivity index (χ0n) is 18.8. The fourth-order valence-corrected chi connectivity index (χ4v) is 3.81. The number of amides is 2. The minimum Gasteiger partial charge on any atom is -0.462 e. The number of alkyl halides is 3. The number of carbonyl (C=O) groups excluding carboxylic acids is 2. The highest BCUT2D eigenvalue weighted by Crippen LogP contribution is 2.47. The summed E-state index contributed by atoms with van der Waals surface area (Å²) in [6, 6.07) is 13.3. The predicted octanol–water partition coefficient (Wildman–Crippen LogP) is 4.89. The second-order valence-electron chi connectivity index (χ2n) is 7.48. The number of tetrazole rings is 1. The molecule has 36 heavy (non-hydrogen) atoms. The molecule has 2 amide bonds. The van der Waals surface area contributed by atoms with Gasteiger partial charge in [0.1, 0.15) is 0 Å². The number of benzene rings is 3. The van der Waals surface area contributed by atoms with E-state index in [0.717, 1.165) is 6.07 Å². The van der Waals surface area contributed by atoms with E-state index in [1.165, 1.54) is 42.5 Å². The van der Waals surface area contributed by atoms with Crippen LogP contribution in [0.25, 0.3) is 33.6 Å². The molecule has 12 heteroatoms. The van der Waals surface area contributed by atoms with Gasteiger partial charge in [-0.15, -0.1) is 10.2 Å². The highest BCUT2D eigenvalue weighted by atomic mass is 19.4. The van der Waals surface area contributed by atoms with Crippen molar-refractivity contribution in [2.45, 2.75) is 13.1 Å². The van der Waals surface area contributed by atoms with Crippen LogP contribution in [0.3, 0.4) is 0 Å². The quantitative estimate of drug-likeness (QED) is 0.325. The molecular formula is C24H19F3N6O3. The minimum absolute atomic E-state index is 0.0595. The monoisotopic (exact) mass is 496 g/mol. The van der Waals surface area contributed by atoms with E-state index in [-0.39, 0.29) is 40.4 Å². The van der Waals surface area contributed by atoms with E-state index >= 15 is 0 Å². The summed E-state index contributed by atoms with van der Waals surface area (Å²) in [7, 11) is 0. The molecule has 0 spiro atoms. The van der Waals surface area contributed by atoms with Gasteiger partial charge in [0.25, 0.3) is 0 Å². The topological polar surface area (TPSA) is 136 Å². The molecular weight excluding hydrogens is 477 g/mol. The molecule has 1 heterocycles. The Bertz CT molecular complexity index is 1400. The van der Waals surface area contributed by atoms with E-state index in [1.807, 2.05) is 0 Å². The molecule has 0 saturated heterocycles. The largest absolute Gasteiger partial charge is 0.462 e. The molecule has 0 fully saturated rings. The Balaban J connectivity index is 2.04. The number of H-pyrrole nitrogens is 1. The molecule has 3 aromatic carbocycles. The van der Waals surface area contributed by atoms with Gasteiger partial charge in [0, 0.05) is 5.56 Å². The van der Waals surface area contributed by atoms with Crippen LogP contribution in [0.2, 0.25) is 0 Å². The van der Waals surface area contributed by atoms with Crippen LogP contribution >= 0.6 is 0 Å². The molecule has 0 saturated carbocycles. The average molecular weight is 496 g/mol. The number of anilines is 1. The number of halogens is 3. The van der Waals surface area contributed by atoms with Gasteiger partial charge in [0.2, 0.25) is 5.82 Å². The van der Waals surface area contributed by atoms with Crippen molar-refractivity contribution >= 4 is 17.7 Å². The van der Waals surface area contributed by atoms with E-state index in [4.69, 9.17) is 10.5 Å². The summed E-state index contributed by atoms with van der Waals surface area (Å²) in [4.78, 5) is 23.8. The molecule has 184 valence electrons. The van der Waals surface area contributed by atoms with Crippen molar-refractivity contribution in [3.63, 3.8) is 0 Å². The second kappa shape index (κ2) is 9.86. The van der Waals surface area contributed by atoms with Gasteiger partial charge in [0.05, 0.1) is 29.0 Å². The van der Waals surface area contributed by atoms with Crippen molar-refractivity contribution in [1.29, 1.82) is 0 Å². The minimum atomic E-state index is -4.69. The summed E-state index contributed by atoms with van der Waals surface area (Å²) in [5.41, 5.74) is 5.60. The summed E-state index contributed by atoms with van der Waals surface area (Å²) >= 11 is 0. The Morgan fingerprint density at radius 3 is 2.33 bits per heavy atom. The van der Waals surface area contributed by atoms with E-state index in [9.17, 15) is 22.8 Å². The van der Waals surface area contributed by atoms with Crippen LogP contribution in [-0.4, -0.2) is 39.2 Å². The Labute approximate surface area is 202 Å². The van der Waals surface area contributed by atoms with Crippen LogP contribution < -0.4 is 11.1 Å². The van der Waals surface area contributed by atoms with Crippen molar-refractivity contribution in [3.8, 4) is 33.6 Å². The van der Waals surface area contributed by atoms with Crippen LogP contribution in [-0.2, 0) is 10.9 Å². The summed E-state index contributed by atoms with van der Waals surface area (Å²) < 4.78 is 47.2. The highest BCUT2D eigenvalue weighted by molar-refractivity contribution is 6.03. The maximum absolute atomic E-state index is 14.1. The number of esters is 1. The van der Waals surface area contributed by atoms with Crippen LogP contribution in [0.1, 0.15) is 22.8 Å². The van der Waals surface area contributed by atoms with Crippen molar-refractivity contribution in [1.82, 2.24) is 20.6 Å². The molecule has 0 aliphatic heterocycles. The highest BCUT2D eigenvalue weighted by Gasteiger charge is 2.35. The van der Waals surface area contributed by atoms with E-state index < -0.39 is 23.7 Å². The standard InChI is InChI=1S/C24H19F3N6O3/c1-2-36-22(34)14-9-7-13(8-10-14)15-11-12-18(29-23(28)35)20(21-30-32-33-31-21)19(15)16-5-3-4-6-17(16)24(25,26)27/h3-12H,2H2,1H3,(H3,28,29,35)(H,30,31,32,33). The third-order valence-electron chi connectivity index (χ3n) is 5.24. The summed E-state index contributed by atoms with van der Waals surface area (Å²) in [6.45, 7) is 1.87. The molecule has 0 aliphatic carbocycles. The predicted molar refractivity (Wildman–Crippen MR) is 125 cm³/mol.